The summed E-state index contributed by atoms with van der Waals surface area (Å²) in [5.41, 5.74) is -1.31. The van der Waals surface area contributed by atoms with Gasteiger partial charge in [0.1, 0.15) is 5.82 Å². The standard InChI is InChI=1S/C17H10BrClFN5O5/c18-13-8-23(7-12-14(19)2-1-3-15(12)20)22-16(13)21-17(26)9-4-10(24(27)28)6-11(5-9)25(29)30/h1-6,8H,7H2,(H,21,22,26). The number of hydrogen-bond acceptors (Lipinski definition) is 6. The number of nitrogens with zero attached hydrogens (tertiary/aromatic N) is 4. The van der Waals surface area contributed by atoms with Crippen molar-refractivity contribution in [3.63, 3.8) is 0 Å². The number of carbonyl (C=O) groups is 1. The number of benzene rings is 2. The fourth-order valence-corrected chi connectivity index (χ4v) is 3.16. The fraction of sp³-hybridized carbons (Fsp3) is 0.0588. The summed E-state index contributed by atoms with van der Waals surface area (Å²) in [7, 11) is 0. The lowest BCUT2D eigenvalue weighted by Crippen LogP contribution is -2.14. The molecule has 0 saturated carbocycles. The maximum absolute atomic E-state index is 14.0. The Labute approximate surface area is 180 Å². The molecule has 1 aromatic heterocycles. The van der Waals surface area contributed by atoms with Crippen molar-refractivity contribution in [2.75, 3.05) is 5.32 Å². The van der Waals surface area contributed by atoms with Crippen LogP contribution < -0.4 is 5.32 Å². The lowest BCUT2D eigenvalue weighted by molar-refractivity contribution is -0.394. The molecule has 1 amide bonds. The van der Waals surface area contributed by atoms with E-state index in [-0.39, 0.29) is 28.5 Å². The van der Waals surface area contributed by atoms with Crippen molar-refractivity contribution in [1.29, 1.82) is 0 Å². The molecule has 0 aliphatic rings. The average Bonchev–Trinajstić information content (AvgIpc) is 3.03. The largest absolute Gasteiger partial charge is 0.304 e. The molecule has 0 fully saturated rings. The quantitative estimate of drug-likeness (QED) is 0.391. The first-order valence-electron chi connectivity index (χ1n) is 8.06. The molecule has 30 heavy (non-hydrogen) atoms. The van der Waals surface area contributed by atoms with Crippen molar-refractivity contribution in [1.82, 2.24) is 9.78 Å². The fourth-order valence-electron chi connectivity index (χ4n) is 2.52. The van der Waals surface area contributed by atoms with Gasteiger partial charge in [0.15, 0.2) is 5.82 Å². The van der Waals surface area contributed by atoms with Gasteiger partial charge in [0, 0.05) is 28.9 Å². The summed E-state index contributed by atoms with van der Waals surface area (Å²) in [6, 6.07) is 6.80. The number of nitro groups is 2. The molecular weight excluding hydrogens is 489 g/mol. The van der Waals surface area contributed by atoms with Crippen LogP contribution in [0.1, 0.15) is 15.9 Å². The lowest BCUT2D eigenvalue weighted by Gasteiger charge is -2.06. The molecule has 0 aliphatic carbocycles. The molecule has 13 heteroatoms. The van der Waals surface area contributed by atoms with E-state index in [4.69, 9.17) is 11.6 Å². The number of carbonyl (C=O) groups excluding carboxylic acids is 1. The van der Waals surface area contributed by atoms with Crippen molar-refractivity contribution < 1.29 is 19.0 Å². The normalized spacial score (nSPS) is 10.6. The van der Waals surface area contributed by atoms with E-state index in [0.29, 0.717) is 4.47 Å². The van der Waals surface area contributed by atoms with Gasteiger partial charge < -0.3 is 5.32 Å². The summed E-state index contributed by atoms with van der Waals surface area (Å²) in [4.78, 5) is 32.8. The van der Waals surface area contributed by atoms with Crippen LogP contribution >= 0.6 is 27.5 Å². The van der Waals surface area contributed by atoms with Gasteiger partial charge in [0.05, 0.1) is 32.5 Å². The molecule has 1 heterocycles. The highest BCUT2D eigenvalue weighted by Crippen LogP contribution is 2.26. The van der Waals surface area contributed by atoms with Gasteiger partial charge in [-0.1, -0.05) is 17.7 Å². The van der Waals surface area contributed by atoms with E-state index >= 15 is 0 Å². The number of non-ortho nitro benzene ring substituents is 2. The number of hydrogen-bond donors (Lipinski definition) is 1. The molecule has 0 atom stereocenters. The van der Waals surface area contributed by atoms with Gasteiger partial charge in [0.2, 0.25) is 0 Å². The second-order valence-electron chi connectivity index (χ2n) is 5.93. The Hall–Kier alpha value is -3.38. The van der Waals surface area contributed by atoms with E-state index in [9.17, 15) is 29.4 Å². The van der Waals surface area contributed by atoms with Crippen molar-refractivity contribution >= 4 is 50.6 Å². The van der Waals surface area contributed by atoms with Crippen LogP contribution in [-0.2, 0) is 6.54 Å². The van der Waals surface area contributed by atoms with Crippen LogP contribution in [0.15, 0.2) is 47.1 Å². The Morgan fingerprint density at radius 1 is 1.20 bits per heavy atom. The summed E-state index contributed by atoms with van der Waals surface area (Å²) in [5, 5.41) is 28.7. The molecule has 2 aromatic carbocycles. The van der Waals surface area contributed by atoms with Crippen LogP contribution in [0.4, 0.5) is 21.6 Å². The summed E-state index contributed by atoms with van der Waals surface area (Å²) in [6.45, 7) is -0.0255. The molecule has 0 spiro atoms. The summed E-state index contributed by atoms with van der Waals surface area (Å²) in [6.07, 6.45) is 1.47. The second kappa shape index (κ2) is 8.55. The van der Waals surface area contributed by atoms with Gasteiger partial charge in [-0.3, -0.25) is 29.7 Å². The number of anilines is 1. The van der Waals surface area contributed by atoms with E-state index in [1.54, 1.807) is 0 Å². The number of nitro benzene ring substituents is 2. The summed E-state index contributed by atoms with van der Waals surface area (Å²) < 4.78 is 15.6. The van der Waals surface area contributed by atoms with E-state index in [0.717, 1.165) is 18.2 Å². The minimum absolute atomic E-state index is 0.0255. The predicted octanol–water partition coefficient (Wildman–Crippen LogP) is 4.56. The first kappa shape index (κ1) is 21.3. The van der Waals surface area contributed by atoms with E-state index in [1.165, 1.54) is 29.1 Å². The van der Waals surface area contributed by atoms with Gasteiger partial charge in [-0.25, -0.2) is 4.39 Å². The van der Waals surface area contributed by atoms with Gasteiger partial charge in [0.25, 0.3) is 17.3 Å². The van der Waals surface area contributed by atoms with Crippen LogP contribution in [-0.4, -0.2) is 25.5 Å². The van der Waals surface area contributed by atoms with Gasteiger partial charge in [-0.05, 0) is 28.1 Å². The van der Waals surface area contributed by atoms with Crippen molar-refractivity contribution in [2.45, 2.75) is 6.54 Å². The molecule has 10 nitrogen and oxygen atoms in total. The first-order valence-corrected chi connectivity index (χ1v) is 9.24. The minimum atomic E-state index is -0.850. The second-order valence-corrected chi connectivity index (χ2v) is 7.19. The molecule has 1 N–H and O–H groups in total. The number of halogens is 3. The molecule has 0 saturated heterocycles. The van der Waals surface area contributed by atoms with Crippen molar-refractivity contribution in [3.8, 4) is 0 Å². The van der Waals surface area contributed by atoms with Crippen LogP contribution in [0.3, 0.4) is 0 Å². The lowest BCUT2D eigenvalue weighted by atomic mass is 10.1. The first-order chi connectivity index (χ1) is 14.2. The molecule has 154 valence electrons. The topological polar surface area (TPSA) is 133 Å². The van der Waals surface area contributed by atoms with E-state index in [2.05, 4.69) is 26.3 Å². The Morgan fingerprint density at radius 3 is 2.40 bits per heavy atom. The van der Waals surface area contributed by atoms with Crippen molar-refractivity contribution in [2.24, 2.45) is 0 Å². The number of amides is 1. The highest BCUT2D eigenvalue weighted by atomic mass is 79.9. The molecular formula is C17H10BrClFN5O5. The highest BCUT2D eigenvalue weighted by molar-refractivity contribution is 9.10. The van der Waals surface area contributed by atoms with Crippen LogP contribution in [0.2, 0.25) is 5.02 Å². The Bertz CT molecular complexity index is 1130. The van der Waals surface area contributed by atoms with E-state index in [1.807, 2.05) is 0 Å². The summed E-state index contributed by atoms with van der Waals surface area (Å²) >= 11 is 9.20. The van der Waals surface area contributed by atoms with Gasteiger partial charge in [-0.15, -0.1) is 0 Å². The maximum atomic E-state index is 14.0. The highest BCUT2D eigenvalue weighted by Gasteiger charge is 2.21. The summed E-state index contributed by atoms with van der Waals surface area (Å²) in [5.74, 6) is -1.35. The van der Waals surface area contributed by atoms with Crippen LogP contribution in [0.5, 0.6) is 0 Å². The number of aromatic nitrogens is 2. The monoisotopic (exact) mass is 497 g/mol. The average molecular weight is 499 g/mol. The third-order valence-corrected chi connectivity index (χ3v) is 4.85. The molecule has 0 aliphatic heterocycles. The Kier molecular flexibility index (Phi) is 6.08. The van der Waals surface area contributed by atoms with Gasteiger partial charge >= 0.3 is 0 Å². The smallest absolute Gasteiger partial charge is 0.277 e. The number of nitrogens with one attached hydrogen (secondary N) is 1. The Balaban J connectivity index is 1.86. The molecule has 0 unspecified atom stereocenters. The zero-order valence-corrected chi connectivity index (χ0v) is 17.1. The van der Waals surface area contributed by atoms with Gasteiger partial charge in [-0.2, -0.15) is 5.10 Å². The third kappa shape index (κ3) is 4.60. The zero-order chi connectivity index (χ0) is 22.0. The third-order valence-electron chi connectivity index (χ3n) is 3.92. The molecule has 3 aromatic rings. The van der Waals surface area contributed by atoms with E-state index < -0.39 is 32.9 Å². The van der Waals surface area contributed by atoms with Crippen LogP contribution in [0.25, 0.3) is 0 Å². The van der Waals surface area contributed by atoms with Crippen LogP contribution in [0, 0.1) is 26.0 Å². The predicted molar refractivity (Wildman–Crippen MR) is 108 cm³/mol. The minimum Gasteiger partial charge on any atom is -0.304 e. The molecule has 3 rings (SSSR count). The zero-order valence-electron chi connectivity index (χ0n) is 14.7. The van der Waals surface area contributed by atoms with Crippen molar-refractivity contribution in [3.05, 3.63) is 89.3 Å². The molecule has 0 radical (unpaired) electrons. The Morgan fingerprint density at radius 2 is 1.83 bits per heavy atom. The molecule has 0 bridgehead atoms. The maximum Gasteiger partial charge on any atom is 0.277 e. The number of rotatable bonds is 6. The SMILES string of the molecule is O=C(Nc1nn(Cc2c(F)cccc2Cl)cc1Br)c1cc([N+](=O)[O-])cc([N+](=O)[O-])c1.